The molecule has 164 valence electrons. The van der Waals surface area contributed by atoms with Gasteiger partial charge in [-0.25, -0.2) is 0 Å². The molecule has 1 saturated heterocycles. The van der Waals surface area contributed by atoms with Crippen molar-refractivity contribution >= 4 is 16.8 Å². The summed E-state index contributed by atoms with van der Waals surface area (Å²) in [5, 5.41) is 1.23. The van der Waals surface area contributed by atoms with Gasteiger partial charge in [0.25, 0.3) is 0 Å². The molecular weight excluding hydrogens is 388 g/mol. The number of aromatic amines is 1. The number of aromatic nitrogens is 1. The molecule has 4 rings (SSSR count). The smallest absolute Gasteiger partial charge is 0.222 e. The number of carbonyl (C=O) groups excluding carboxylic acids is 1. The predicted octanol–water partition coefficient (Wildman–Crippen LogP) is 5.44. The molecule has 5 nitrogen and oxygen atoms in total. The molecular formula is C26H32N2O3. The number of H-pyrrole nitrogens is 1. The van der Waals surface area contributed by atoms with Gasteiger partial charge in [-0.05, 0) is 80.0 Å². The van der Waals surface area contributed by atoms with E-state index in [0.29, 0.717) is 18.9 Å². The summed E-state index contributed by atoms with van der Waals surface area (Å²) in [5.74, 6) is 2.54. The van der Waals surface area contributed by atoms with E-state index in [-0.39, 0.29) is 5.91 Å². The highest BCUT2D eigenvalue weighted by atomic mass is 16.5. The molecule has 31 heavy (non-hydrogen) atoms. The van der Waals surface area contributed by atoms with Crippen LogP contribution in [0.15, 0.2) is 48.7 Å². The molecule has 0 saturated carbocycles. The number of hydrogen-bond donors (Lipinski definition) is 1. The summed E-state index contributed by atoms with van der Waals surface area (Å²) < 4.78 is 11.2. The lowest BCUT2D eigenvalue weighted by molar-refractivity contribution is -0.132. The Hall–Kier alpha value is -2.95. The Morgan fingerprint density at radius 3 is 2.71 bits per heavy atom. The monoisotopic (exact) mass is 420 g/mol. The van der Waals surface area contributed by atoms with Crippen molar-refractivity contribution in [2.24, 2.45) is 0 Å². The van der Waals surface area contributed by atoms with E-state index in [1.54, 1.807) is 7.11 Å². The first kappa shape index (κ1) is 21.3. The third-order valence-corrected chi connectivity index (χ3v) is 6.25. The Morgan fingerprint density at radius 2 is 1.94 bits per heavy atom. The third kappa shape index (κ3) is 5.22. The second-order valence-corrected chi connectivity index (χ2v) is 8.43. The number of benzene rings is 2. The fraction of sp³-hybridized carbons (Fsp3) is 0.423. The summed E-state index contributed by atoms with van der Waals surface area (Å²) in [6.45, 7) is 4.38. The highest BCUT2D eigenvalue weighted by molar-refractivity contribution is 5.85. The lowest BCUT2D eigenvalue weighted by atomic mass is 9.89. The summed E-state index contributed by atoms with van der Waals surface area (Å²) in [7, 11) is 1.70. The molecule has 0 spiro atoms. The normalized spacial score (nSPS) is 14.7. The molecule has 0 radical (unpaired) electrons. The SMILES string of the molecule is COc1ccc2[nH]cc(C3CCN(C(=O)CCCCOc4cccc(C)c4)CC3)c2c1. The maximum atomic E-state index is 12.6. The predicted molar refractivity (Wildman–Crippen MR) is 124 cm³/mol. The first-order valence-corrected chi connectivity index (χ1v) is 11.3. The van der Waals surface area contributed by atoms with Crippen LogP contribution in [0.2, 0.25) is 0 Å². The first-order valence-electron chi connectivity index (χ1n) is 11.3. The molecule has 0 bridgehead atoms. The van der Waals surface area contributed by atoms with E-state index in [0.717, 1.165) is 55.8 Å². The van der Waals surface area contributed by atoms with E-state index in [2.05, 4.69) is 36.3 Å². The highest BCUT2D eigenvalue weighted by Crippen LogP contribution is 2.34. The molecule has 1 fully saturated rings. The Morgan fingerprint density at radius 1 is 1.10 bits per heavy atom. The molecule has 2 aromatic carbocycles. The maximum Gasteiger partial charge on any atom is 0.222 e. The summed E-state index contributed by atoms with van der Waals surface area (Å²) in [6.07, 6.45) is 6.51. The second kappa shape index (κ2) is 9.90. The van der Waals surface area contributed by atoms with E-state index in [4.69, 9.17) is 9.47 Å². The van der Waals surface area contributed by atoms with Crippen LogP contribution in [0.5, 0.6) is 11.5 Å². The van der Waals surface area contributed by atoms with Crippen LogP contribution in [-0.4, -0.2) is 42.6 Å². The van der Waals surface area contributed by atoms with Crippen LogP contribution in [0, 0.1) is 6.92 Å². The van der Waals surface area contributed by atoms with Crippen molar-refractivity contribution in [3.05, 3.63) is 59.8 Å². The van der Waals surface area contributed by atoms with Crippen molar-refractivity contribution < 1.29 is 14.3 Å². The average molecular weight is 421 g/mol. The van der Waals surface area contributed by atoms with Crippen LogP contribution < -0.4 is 9.47 Å². The van der Waals surface area contributed by atoms with Crippen LogP contribution in [0.4, 0.5) is 0 Å². The fourth-order valence-electron chi connectivity index (χ4n) is 4.46. The van der Waals surface area contributed by atoms with Crippen LogP contribution in [0.3, 0.4) is 0 Å². The number of nitrogens with zero attached hydrogens (tertiary/aromatic N) is 1. The minimum Gasteiger partial charge on any atom is -0.497 e. The fourth-order valence-corrected chi connectivity index (χ4v) is 4.46. The molecule has 1 aromatic heterocycles. The van der Waals surface area contributed by atoms with Crippen LogP contribution in [0.1, 0.15) is 49.1 Å². The van der Waals surface area contributed by atoms with Gasteiger partial charge in [-0.2, -0.15) is 0 Å². The Bertz CT molecular complexity index is 1020. The number of amides is 1. The van der Waals surface area contributed by atoms with E-state index in [1.807, 2.05) is 29.2 Å². The topological polar surface area (TPSA) is 54.6 Å². The van der Waals surface area contributed by atoms with Crippen LogP contribution >= 0.6 is 0 Å². The number of ether oxygens (including phenoxy) is 2. The van der Waals surface area contributed by atoms with Gasteiger partial charge in [0, 0.05) is 36.6 Å². The number of nitrogens with one attached hydrogen (secondary N) is 1. The van der Waals surface area contributed by atoms with Gasteiger partial charge in [0.2, 0.25) is 5.91 Å². The zero-order chi connectivity index (χ0) is 21.6. The van der Waals surface area contributed by atoms with E-state index in [9.17, 15) is 4.79 Å². The second-order valence-electron chi connectivity index (χ2n) is 8.43. The molecule has 0 aliphatic carbocycles. The number of methoxy groups -OCH3 is 1. The van der Waals surface area contributed by atoms with Gasteiger partial charge >= 0.3 is 0 Å². The van der Waals surface area contributed by atoms with Crippen molar-refractivity contribution in [1.82, 2.24) is 9.88 Å². The van der Waals surface area contributed by atoms with Crippen LogP contribution in [-0.2, 0) is 4.79 Å². The number of likely N-dealkylation sites (tertiary alicyclic amines) is 1. The largest absolute Gasteiger partial charge is 0.497 e. The molecule has 0 atom stereocenters. The summed E-state index contributed by atoms with van der Waals surface area (Å²) in [5.41, 5.74) is 3.68. The van der Waals surface area contributed by atoms with Gasteiger partial charge in [0.1, 0.15) is 11.5 Å². The first-order chi connectivity index (χ1) is 15.1. The number of aryl methyl sites for hydroxylation is 1. The number of fused-ring (bicyclic) bond motifs is 1. The lowest BCUT2D eigenvalue weighted by Crippen LogP contribution is -2.37. The molecule has 1 aliphatic heterocycles. The zero-order valence-corrected chi connectivity index (χ0v) is 18.5. The minimum absolute atomic E-state index is 0.273. The number of rotatable bonds is 8. The highest BCUT2D eigenvalue weighted by Gasteiger charge is 2.25. The average Bonchev–Trinajstić information content (AvgIpc) is 3.22. The number of unbranched alkanes of at least 4 members (excludes halogenated alkanes) is 1. The van der Waals surface area contributed by atoms with Crippen molar-refractivity contribution in [1.29, 1.82) is 0 Å². The molecule has 2 heterocycles. The van der Waals surface area contributed by atoms with Crippen LogP contribution in [0.25, 0.3) is 10.9 Å². The van der Waals surface area contributed by atoms with E-state index < -0.39 is 0 Å². The summed E-state index contributed by atoms with van der Waals surface area (Å²) in [4.78, 5) is 18.0. The molecule has 1 amide bonds. The minimum atomic E-state index is 0.273. The quantitative estimate of drug-likeness (QED) is 0.494. The maximum absolute atomic E-state index is 12.6. The van der Waals surface area contributed by atoms with Gasteiger partial charge < -0.3 is 19.4 Å². The Labute approximate surface area is 184 Å². The molecule has 1 aliphatic rings. The van der Waals surface area contributed by atoms with Gasteiger partial charge in [-0.15, -0.1) is 0 Å². The van der Waals surface area contributed by atoms with E-state index >= 15 is 0 Å². The lowest BCUT2D eigenvalue weighted by Gasteiger charge is -2.32. The van der Waals surface area contributed by atoms with Crippen molar-refractivity contribution in [3.8, 4) is 11.5 Å². The third-order valence-electron chi connectivity index (χ3n) is 6.25. The summed E-state index contributed by atoms with van der Waals surface area (Å²) >= 11 is 0. The Kier molecular flexibility index (Phi) is 6.80. The zero-order valence-electron chi connectivity index (χ0n) is 18.5. The van der Waals surface area contributed by atoms with Gasteiger partial charge in [-0.1, -0.05) is 12.1 Å². The van der Waals surface area contributed by atoms with Crippen molar-refractivity contribution in [3.63, 3.8) is 0 Å². The number of piperidine rings is 1. The summed E-state index contributed by atoms with van der Waals surface area (Å²) in [6, 6.07) is 14.2. The molecule has 0 unspecified atom stereocenters. The molecule has 3 aromatic rings. The molecule has 5 heteroatoms. The van der Waals surface area contributed by atoms with Gasteiger partial charge in [0.05, 0.1) is 13.7 Å². The molecule has 1 N–H and O–H groups in total. The van der Waals surface area contributed by atoms with E-state index in [1.165, 1.54) is 16.5 Å². The van der Waals surface area contributed by atoms with Crippen molar-refractivity contribution in [2.45, 2.75) is 44.9 Å². The standard InChI is InChI=1S/C26H32N2O3/c1-19-6-5-7-22(16-19)31-15-4-3-8-26(29)28-13-11-20(12-14-28)24-18-27-25-10-9-21(30-2)17-23(24)25/h5-7,9-10,16-18,20,27H,3-4,8,11-15H2,1-2H3. The Balaban J connectivity index is 1.21. The number of hydrogen-bond acceptors (Lipinski definition) is 3. The van der Waals surface area contributed by atoms with Gasteiger partial charge in [0.15, 0.2) is 0 Å². The van der Waals surface area contributed by atoms with Crippen molar-refractivity contribution in [2.75, 3.05) is 26.8 Å². The number of carbonyl (C=O) groups is 1. The van der Waals surface area contributed by atoms with Gasteiger partial charge in [-0.3, -0.25) is 4.79 Å².